The SMILES string of the molecule is Clc1cc2c(cc1Br)Oc1c(Cl)c(Br)cc(Br)c1O2. The molecule has 0 unspecified atom stereocenters. The summed E-state index contributed by atoms with van der Waals surface area (Å²) in [4.78, 5) is 0. The Morgan fingerprint density at radius 1 is 0.737 bits per heavy atom. The third-order valence-corrected chi connectivity index (χ3v) is 5.51. The van der Waals surface area contributed by atoms with Gasteiger partial charge in [0.1, 0.15) is 5.02 Å². The van der Waals surface area contributed by atoms with E-state index in [0.29, 0.717) is 33.0 Å². The van der Waals surface area contributed by atoms with Gasteiger partial charge in [-0.2, -0.15) is 0 Å². The monoisotopic (exact) mass is 486 g/mol. The topological polar surface area (TPSA) is 18.5 Å². The summed E-state index contributed by atoms with van der Waals surface area (Å²) in [6.45, 7) is 0. The highest BCUT2D eigenvalue weighted by Gasteiger charge is 2.26. The van der Waals surface area contributed by atoms with Crippen LogP contribution in [-0.2, 0) is 0 Å². The van der Waals surface area contributed by atoms with Crippen molar-refractivity contribution in [2.45, 2.75) is 0 Å². The summed E-state index contributed by atoms with van der Waals surface area (Å²) >= 11 is 22.4. The van der Waals surface area contributed by atoms with E-state index in [-0.39, 0.29) is 0 Å². The quantitative estimate of drug-likeness (QED) is 0.311. The zero-order valence-electron chi connectivity index (χ0n) is 8.94. The van der Waals surface area contributed by atoms with E-state index in [2.05, 4.69) is 47.8 Å². The van der Waals surface area contributed by atoms with E-state index in [0.717, 1.165) is 13.4 Å². The number of fused-ring (bicyclic) bond motifs is 2. The van der Waals surface area contributed by atoms with Gasteiger partial charge in [0, 0.05) is 21.1 Å². The summed E-state index contributed by atoms with van der Waals surface area (Å²) in [5.74, 6) is 2.08. The van der Waals surface area contributed by atoms with E-state index in [4.69, 9.17) is 32.7 Å². The van der Waals surface area contributed by atoms with E-state index >= 15 is 0 Å². The molecule has 0 amide bonds. The second kappa shape index (κ2) is 5.11. The Bertz CT molecular complexity index is 704. The molecule has 2 aromatic rings. The average molecular weight is 490 g/mol. The molecule has 0 aromatic heterocycles. The van der Waals surface area contributed by atoms with Crippen LogP contribution < -0.4 is 9.47 Å². The van der Waals surface area contributed by atoms with Gasteiger partial charge < -0.3 is 9.47 Å². The molecule has 0 saturated carbocycles. The fourth-order valence-electron chi connectivity index (χ4n) is 1.63. The Morgan fingerprint density at radius 2 is 1.37 bits per heavy atom. The maximum absolute atomic E-state index is 6.21. The minimum Gasteiger partial charge on any atom is -0.448 e. The molecule has 0 radical (unpaired) electrons. The highest BCUT2D eigenvalue weighted by Crippen LogP contribution is 2.54. The Morgan fingerprint density at radius 3 is 2.11 bits per heavy atom. The molecule has 2 nitrogen and oxygen atoms in total. The molecule has 0 aliphatic carbocycles. The Balaban J connectivity index is 2.19. The van der Waals surface area contributed by atoms with Crippen molar-refractivity contribution in [3.8, 4) is 23.0 Å². The predicted molar refractivity (Wildman–Crippen MR) is 86.2 cm³/mol. The van der Waals surface area contributed by atoms with Crippen molar-refractivity contribution < 1.29 is 9.47 Å². The molecule has 3 rings (SSSR count). The molecule has 0 fully saturated rings. The van der Waals surface area contributed by atoms with E-state index < -0.39 is 0 Å². The first-order chi connectivity index (χ1) is 8.97. The molecule has 0 N–H and O–H groups in total. The highest BCUT2D eigenvalue weighted by molar-refractivity contribution is 9.11. The smallest absolute Gasteiger partial charge is 0.191 e. The lowest BCUT2D eigenvalue weighted by Gasteiger charge is -2.23. The Labute approximate surface area is 144 Å². The first kappa shape index (κ1) is 14.0. The molecule has 1 aliphatic heterocycles. The summed E-state index contributed by atoms with van der Waals surface area (Å²) in [6.07, 6.45) is 0. The van der Waals surface area contributed by atoms with Crippen LogP contribution in [0.5, 0.6) is 23.0 Å². The number of hydrogen-bond donors (Lipinski definition) is 0. The lowest BCUT2D eigenvalue weighted by Crippen LogP contribution is -2.01. The van der Waals surface area contributed by atoms with Gasteiger partial charge in [0.2, 0.25) is 0 Å². The predicted octanol–water partition coefficient (Wildman–Crippen LogP) is 7.18. The maximum atomic E-state index is 6.21. The van der Waals surface area contributed by atoms with Crippen LogP contribution >= 0.6 is 71.0 Å². The number of rotatable bonds is 0. The van der Waals surface area contributed by atoms with Crippen LogP contribution in [0.2, 0.25) is 10.0 Å². The van der Waals surface area contributed by atoms with Crippen molar-refractivity contribution in [2.75, 3.05) is 0 Å². The molecule has 0 spiro atoms. The zero-order chi connectivity index (χ0) is 13.7. The van der Waals surface area contributed by atoms with Gasteiger partial charge in [0.25, 0.3) is 0 Å². The van der Waals surface area contributed by atoms with Gasteiger partial charge in [-0.25, -0.2) is 0 Å². The van der Waals surface area contributed by atoms with Crippen LogP contribution in [0.15, 0.2) is 31.6 Å². The van der Waals surface area contributed by atoms with Gasteiger partial charge in [-0.3, -0.25) is 0 Å². The van der Waals surface area contributed by atoms with Crippen LogP contribution in [0.4, 0.5) is 0 Å². The molecular weight excluding hydrogens is 487 g/mol. The summed E-state index contributed by atoms with van der Waals surface area (Å²) in [6, 6.07) is 5.23. The van der Waals surface area contributed by atoms with Crippen molar-refractivity contribution in [3.05, 3.63) is 41.7 Å². The van der Waals surface area contributed by atoms with Crippen molar-refractivity contribution in [1.29, 1.82) is 0 Å². The van der Waals surface area contributed by atoms with Crippen LogP contribution in [0.1, 0.15) is 0 Å². The number of halogens is 5. The first-order valence-electron chi connectivity index (χ1n) is 4.99. The first-order valence-corrected chi connectivity index (χ1v) is 8.13. The van der Waals surface area contributed by atoms with Crippen LogP contribution in [0.25, 0.3) is 0 Å². The molecule has 7 heteroatoms. The molecule has 2 aromatic carbocycles. The van der Waals surface area contributed by atoms with Crippen molar-refractivity contribution in [3.63, 3.8) is 0 Å². The molecule has 1 heterocycles. The molecular formula is C12H3Br3Cl2O2. The molecule has 0 bridgehead atoms. The summed E-state index contributed by atoms with van der Waals surface area (Å²) < 4.78 is 13.8. The zero-order valence-corrected chi connectivity index (χ0v) is 15.2. The van der Waals surface area contributed by atoms with Crippen LogP contribution in [0, 0.1) is 0 Å². The fraction of sp³-hybridized carbons (Fsp3) is 0. The number of hydrogen-bond acceptors (Lipinski definition) is 2. The third-order valence-electron chi connectivity index (χ3n) is 2.50. The number of benzene rings is 2. The van der Waals surface area contributed by atoms with Gasteiger partial charge in [0.15, 0.2) is 23.0 Å². The average Bonchev–Trinajstić information content (AvgIpc) is 2.36. The van der Waals surface area contributed by atoms with Crippen molar-refractivity contribution in [2.24, 2.45) is 0 Å². The third kappa shape index (κ3) is 2.40. The molecule has 98 valence electrons. The summed E-state index contributed by atoms with van der Waals surface area (Å²) in [5, 5.41) is 1.00. The van der Waals surface area contributed by atoms with Crippen LogP contribution in [-0.4, -0.2) is 0 Å². The minimum atomic E-state index is 0.454. The highest BCUT2D eigenvalue weighted by atomic mass is 79.9. The summed E-state index contributed by atoms with van der Waals surface area (Å²) in [5.41, 5.74) is 0. The van der Waals surface area contributed by atoms with E-state index in [1.165, 1.54) is 0 Å². The molecule has 19 heavy (non-hydrogen) atoms. The van der Waals surface area contributed by atoms with Crippen molar-refractivity contribution in [1.82, 2.24) is 0 Å². The minimum absolute atomic E-state index is 0.454. The van der Waals surface area contributed by atoms with E-state index in [1.807, 2.05) is 0 Å². The van der Waals surface area contributed by atoms with Gasteiger partial charge >= 0.3 is 0 Å². The normalized spacial score (nSPS) is 12.3. The van der Waals surface area contributed by atoms with Gasteiger partial charge in [-0.05, 0) is 53.9 Å². The van der Waals surface area contributed by atoms with Gasteiger partial charge in [-0.1, -0.05) is 23.2 Å². The lowest BCUT2D eigenvalue weighted by atomic mass is 10.2. The largest absolute Gasteiger partial charge is 0.448 e. The second-order valence-electron chi connectivity index (χ2n) is 3.73. The second-order valence-corrected chi connectivity index (χ2v) is 7.08. The van der Waals surface area contributed by atoms with Gasteiger partial charge in [0.05, 0.1) is 9.50 Å². The Kier molecular flexibility index (Phi) is 3.77. The Hall–Kier alpha value is 0.0600. The summed E-state index contributed by atoms with van der Waals surface area (Å²) in [7, 11) is 0. The standard InChI is InChI=1S/C12H3Br3Cl2O2/c13-4-2-8-9(3-7(4)16)18-11-6(15)1-5(14)10(17)12(11)19-8/h1-3H. The molecule has 1 aliphatic rings. The molecule has 0 saturated heterocycles. The van der Waals surface area contributed by atoms with E-state index in [1.54, 1.807) is 18.2 Å². The van der Waals surface area contributed by atoms with Crippen molar-refractivity contribution >= 4 is 71.0 Å². The number of ether oxygens (including phenoxy) is 2. The van der Waals surface area contributed by atoms with Gasteiger partial charge in [-0.15, -0.1) is 0 Å². The van der Waals surface area contributed by atoms with Crippen LogP contribution in [0.3, 0.4) is 0 Å². The fourth-order valence-corrected chi connectivity index (χ4v) is 3.49. The van der Waals surface area contributed by atoms with E-state index in [9.17, 15) is 0 Å². The lowest BCUT2D eigenvalue weighted by molar-refractivity contribution is 0.357. The molecule has 0 atom stereocenters. The maximum Gasteiger partial charge on any atom is 0.191 e.